The van der Waals surface area contributed by atoms with E-state index in [0.717, 1.165) is 5.75 Å². The van der Waals surface area contributed by atoms with Gasteiger partial charge in [-0.25, -0.2) is 9.78 Å². The van der Waals surface area contributed by atoms with E-state index >= 15 is 0 Å². The van der Waals surface area contributed by atoms with Crippen LogP contribution in [0.5, 0.6) is 5.75 Å². The summed E-state index contributed by atoms with van der Waals surface area (Å²) in [5, 5.41) is 3.04. The molecule has 0 radical (unpaired) electrons. The van der Waals surface area contributed by atoms with Crippen molar-refractivity contribution >= 4 is 29.3 Å². The molecule has 0 bridgehead atoms. The third-order valence-corrected chi connectivity index (χ3v) is 4.14. The molecule has 0 spiro atoms. The van der Waals surface area contributed by atoms with Crippen LogP contribution in [0.25, 0.3) is 0 Å². The van der Waals surface area contributed by atoms with Crippen LogP contribution in [0.4, 0.5) is 11.5 Å². The second-order valence-corrected chi connectivity index (χ2v) is 6.43. The second-order valence-electron chi connectivity index (χ2n) is 6.43. The minimum Gasteiger partial charge on any atom is -0.494 e. The standard InChI is InChI=1S/C23H22N4O5/c1-2-31-18-12-10-17(11-13-18)25-21-19(9-6-14-24-21)23(30)32-15-20(28)26-27-22(29)16-7-4-3-5-8-16/h3-14H,2,15H2,1H3,(H,24,25)(H,26,28)(H,27,29). The van der Waals surface area contributed by atoms with Crippen LogP contribution in [0, 0.1) is 0 Å². The van der Waals surface area contributed by atoms with E-state index in [1.165, 1.54) is 12.3 Å². The van der Waals surface area contributed by atoms with Gasteiger partial charge in [0, 0.05) is 17.4 Å². The number of amides is 2. The molecule has 0 aliphatic rings. The zero-order valence-corrected chi connectivity index (χ0v) is 17.3. The van der Waals surface area contributed by atoms with E-state index in [9.17, 15) is 14.4 Å². The van der Waals surface area contributed by atoms with Crippen molar-refractivity contribution in [2.24, 2.45) is 0 Å². The molecule has 0 atom stereocenters. The second kappa shape index (κ2) is 11.1. The maximum atomic E-state index is 12.5. The molecule has 1 aromatic heterocycles. The number of rotatable bonds is 8. The topological polar surface area (TPSA) is 119 Å². The Labute approximate surface area is 184 Å². The number of esters is 1. The van der Waals surface area contributed by atoms with Crippen molar-refractivity contribution in [2.45, 2.75) is 6.92 Å². The SMILES string of the molecule is CCOc1ccc(Nc2ncccc2C(=O)OCC(=O)NNC(=O)c2ccccc2)cc1. The predicted octanol–water partition coefficient (Wildman–Crippen LogP) is 2.84. The molecule has 0 fully saturated rings. The number of pyridine rings is 1. The number of benzene rings is 2. The quantitative estimate of drug-likeness (QED) is 0.368. The summed E-state index contributed by atoms with van der Waals surface area (Å²) in [5.41, 5.74) is 5.69. The van der Waals surface area contributed by atoms with Crippen LogP contribution in [-0.4, -0.2) is 36.0 Å². The fourth-order valence-corrected chi connectivity index (χ4v) is 2.64. The summed E-state index contributed by atoms with van der Waals surface area (Å²) in [4.78, 5) is 40.5. The Bertz CT molecular complexity index is 1070. The van der Waals surface area contributed by atoms with E-state index in [1.54, 1.807) is 60.7 Å². The Morgan fingerprint density at radius 1 is 0.906 bits per heavy atom. The van der Waals surface area contributed by atoms with Gasteiger partial charge in [0.05, 0.1) is 6.61 Å². The average Bonchev–Trinajstić information content (AvgIpc) is 2.83. The summed E-state index contributed by atoms with van der Waals surface area (Å²) in [5.74, 6) is -0.911. The summed E-state index contributed by atoms with van der Waals surface area (Å²) < 4.78 is 10.5. The summed E-state index contributed by atoms with van der Waals surface area (Å²) in [7, 11) is 0. The lowest BCUT2D eigenvalue weighted by Crippen LogP contribution is -2.43. The Balaban J connectivity index is 1.54. The normalized spacial score (nSPS) is 10.0. The van der Waals surface area contributed by atoms with Crippen LogP contribution < -0.4 is 20.9 Å². The van der Waals surface area contributed by atoms with Gasteiger partial charge in [-0.05, 0) is 55.5 Å². The molecule has 3 rings (SSSR count). The average molecular weight is 434 g/mol. The largest absolute Gasteiger partial charge is 0.494 e. The molecule has 0 saturated carbocycles. The first-order valence-electron chi connectivity index (χ1n) is 9.83. The van der Waals surface area contributed by atoms with Crippen molar-refractivity contribution in [3.8, 4) is 5.75 Å². The first kappa shape index (κ1) is 22.3. The van der Waals surface area contributed by atoms with Crippen LogP contribution in [0.1, 0.15) is 27.6 Å². The third-order valence-electron chi connectivity index (χ3n) is 4.14. The maximum absolute atomic E-state index is 12.5. The molecule has 32 heavy (non-hydrogen) atoms. The summed E-state index contributed by atoms with van der Waals surface area (Å²) in [6, 6.07) is 18.6. The van der Waals surface area contributed by atoms with Crippen molar-refractivity contribution in [1.82, 2.24) is 15.8 Å². The van der Waals surface area contributed by atoms with Crippen LogP contribution in [0.3, 0.4) is 0 Å². The van der Waals surface area contributed by atoms with E-state index < -0.39 is 24.4 Å². The molecule has 164 valence electrons. The number of nitrogens with one attached hydrogen (secondary N) is 3. The number of hydrazine groups is 1. The van der Waals surface area contributed by atoms with Crippen molar-refractivity contribution in [3.05, 3.63) is 84.1 Å². The Kier molecular flexibility index (Phi) is 7.74. The monoisotopic (exact) mass is 434 g/mol. The van der Waals surface area contributed by atoms with Crippen LogP contribution in [-0.2, 0) is 9.53 Å². The molecule has 2 amide bonds. The van der Waals surface area contributed by atoms with Gasteiger partial charge in [0.1, 0.15) is 17.1 Å². The van der Waals surface area contributed by atoms with E-state index in [0.29, 0.717) is 17.9 Å². The zero-order chi connectivity index (χ0) is 22.8. The molecule has 0 aliphatic heterocycles. The van der Waals surface area contributed by atoms with Crippen molar-refractivity contribution in [2.75, 3.05) is 18.5 Å². The zero-order valence-electron chi connectivity index (χ0n) is 17.3. The minimum atomic E-state index is -0.740. The van der Waals surface area contributed by atoms with E-state index in [-0.39, 0.29) is 11.4 Å². The number of hydrogen-bond donors (Lipinski definition) is 3. The number of hydrogen-bond acceptors (Lipinski definition) is 7. The third kappa shape index (κ3) is 6.30. The summed E-state index contributed by atoms with van der Waals surface area (Å²) in [6.45, 7) is 1.88. The molecule has 0 aliphatic carbocycles. The van der Waals surface area contributed by atoms with Gasteiger partial charge in [0.2, 0.25) is 0 Å². The molecular weight excluding hydrogens is 412 g/mol. The highest BCUT2D eigenvalue weighted by Gasteiger charge is 2.16. The number of anilines is 2. The summed E-state index contributed by atoms with van der Waals surface area (Å²) >= 11 is 0. The van der Waals surface area contributed by atoms with Gasteiger partial charge in [-0.15, -0.1) is 0 Å². The van der Waals surface area contributed by atoms with E-state index in [4.69, 9.17) is 9.47 Å². The molecule has 3 aromatic rings. The van der Waals surface area contributed by atoms with Gasteiger partial charge in [-0.2, -0.15) is 0 Å². The van der Waals surface area contributed by atoms with Gasteiger partial charge in [-0.1, -0.05) is 18.2 Å². The van der Waals surface area contributed by atoms with Crippen LogP contribution in [0.2, 0.25) is 0 Å². The highest BCUT2D eigenvalue weighted by Crippen LogP contribution is 2.21. The lowest BCUT2D eigenvalue weighted by atomic mass is 10.2. The molecule has 3 N–H and O–H groups in total. The van der Waals surface area contributed by atoms with Crippen molar-refractivity contribution in [1.29, 1.82) is 0 Å². The van der Waals surface area contributed by atoms with E-state index in [1.807, 2.05) is 6.92 Å². The first-order chi connectivity index (χ1) is 15.6. The molecular formula is C23H22N4O5. The molecule has 2 aromatic carbocycles. The molecule has 9 nitrogen and oxygen atoms in total. The van der Waals surface area contributed by atoms with Crippen molar-refractivity contribution < 1.29 is 23.9 Å². The van der Waals surface area contributed by atoms with Crippen LogP contribution >= 0.6 is 0 Å². The Morgan fingerprint density at radius 2 is 1.66 bits per heavy atom. The van der Waals surface area contributed by atoms with Gasteiger partial charge >= 0.3 is 5.97 Å². The smallest absolute Gasteiger partial charge is 0.342 e. The number of carbonyl (C=O) groups is 3. The summed E-state index contributed by atoms with van der Waals surface area (Å²) in [6.07, 6.45) is 1.53. The first-order valence-corrected chi connectivity index (χ1v) is 9.83. The number of ether oxygens (including phenoxy) is 2. The molecule has 1 heterocycles. The number of nitrogens with zero attached hydrogens (tertiary/aromatic N) is 1. The number of carbonyl (C=O) groups excluding carboxylic acids is 3. The predicted molar refractivity (Wildman–Crippen MR) is 117 cm³/mol. The van der Waals surface area contributed by atoms with Gasteiger partial charge in [-0.3, -0.25) is 20.4 Å². The molecule has 0 unspecified atom stereocenters. The molecule has 9 heteroatoms. The highest BCUT2D eigenvalue weighted by atomic mass is 16.5. The minimum absolute atomic E-state index is 0.155. The van der Waals surface area contributed by atoms with Gasteiger partial charge < -0.3 is 14.8 Å². The Hall–Kier alpha value is -4.40. The van der Waals surface area contributed by atoms with E-state index in [2.05, 4.69) is 21.2 Å². The van der Waals surface area contributed by atoms with Gasteiger partial charge in [0.25, 0.3) is 11.8 Å². The molecule has 0 saturated heterocycles. The Morgan fingerprint density at radius 3 is 2.38 bits per heavy atom. The highest BCUT2D eigenvalue weighted by molar-refractivity contribution is 5.97. The maximum Gasteiger partial charge on any atom is 0.342 e. The van der Waals surface area contributed by atoms with Gasteiger partial charge in [0.15, 0.2) is 6.61 Å². The van der Waals surface area contributed by atoms with Crippen LogP contribution in [0.15, 0.2) is 72.9 Å². The fourth-order valence-electron chi connectivity index (χ4n) is 2.64. The van der Waals surface area contributed by atoms with Crippen molar-refractivity contribution in [3.63, 3.8) is 0 Å². The lowest BCUT2D eigenvalue weighted by molar-refractivity contribution is -0.125. The fraction of sp³-hybridized carbons (Fsp3) is 0.130. The number of aromatic nitrogens is 1. The lowest BCUT2D eigenvalue weighted by Gasteiger charge is -2.12.